The minimum atomic E-state index is -1.39. The molecule has 1 aliphatic rings. The van der Waals surface area contributed by atoms with Crippen LogP contribution in [0.3, 0.4) is 0 Å². The summed E-state index contributed by atoms with van der Waals surface area (Å²) < 4.78 is 0. The smallest absolute Gasteiger partial charge is 0.325 e. The van der Waals surface area contributed by atoms with Gasteiger partial charge in [0.1, 0.15) is 23.9 Å². The molecule has 8 N–H and O–H groups in total. The number of carboxylic acid groups (broad SMARTS) is 1. The summed E-state index contributed by atoms with van der Waals surface area (Å²) in [6.07, 6.45) is 0.535. The number of carbonyl (C=O) groups is 5. The van der Waals surface area contributed by atoms with E-state index in [9.17, 15) is 29.1 Å². The van der Waals surface area contributed by atoms with E-state index in [2.05, 4.69) is 10.6 Å². The highest BCUT2D eigenvalue weighted by Crippen LogP contribution is 2.20. The van der Waals surface area contributed by atoms with Gasteiger partial charge in [-0.3, -0.25) is 24.0 Å². The van der Waals surface area contributed by atoms with Gasteiger partial charge in [0.25, 0.3) is 0 Å². The molecule has 1 saturated heterocycles. The quantitative estimate of drug-likeness (QED) is 0.233. The first-order chi connectivity index (χ1) is 15.5. The number of rotatable bonds is 10. The number of phenols is 1. The number of nitrogens with two attached hydrogens (primary N) is 2. The van der Waals surface area contributed by atoms with Crippen LogP contribution in [0.2, 0.25) is 0 Å². The minimum Gasteiger partial charge on any atom is -0.508 e. The summed E-state index contributed by atoms with van der Waals surface area (Å²) in [5.74, 6) is -4.06. The largest absolute Gasteiger partial charge is 0.508 e. The van der Waals surface area contributed by atoms with E-state index in [4.69, 9.17) is 16.6 Å². The number of aromatic hydroxyl groups is 1. The van der Waals surface area contributed by atoms with Crippen molar-refractivity contribution in [2.75, 3.05) is 6.54 Å². The standard InChI is InChI=1S/C21H29N5O7/c1-11(21(32)33)24-18(29)15(10-17(23)28)25-19(30)16-3-2-8-26(16)20(31)14(22)9-12-4-6-13(27)7-5-12/h4-7,11,14-16,27H,2-3,8-10,22H2,1H3,(H2,23,28)(H,24,29)(H,25,30)(H,32,33). The van der Waals surface area contributed by atoms with Gasteiger partial charge in [0, 0.05) is 6.54 Å². The fourth-order valence-corrected chi connectivity index (χ4v) is 3.54. The lowest BCUT2D eigenvalue weighted by Crippen LogP contribution is -2.57. The van der Waals surface area contributed by atoms with Crippen LogP contribution in [0.25, 0.3) is 0 Å². The van der Waals surface area contributed by atoms with Crippen molar-refractivity contribution >= 4 is 29.6 Å². The summed E-state index contributed by atoms with van der Waals surface area (Å²) in [5.41, 5.74) is 12.0. The molecule has 4 amide bonds. The molecule has 1 fully saturated rings. The van der Waals surface area contributed by atoms with Gasteiger partial charge >= 0.3 is 5.97 Å². The number of carbonyl (C=O) groups excluding carboxylic acids is 4. The molecule has 1 aliphatic heterocycles. The monoisotopic (exact) mass is 463 g/mol. The average molecular weight is 463 g/mol. The van der Waals surface area contributed by atoms with Gasteiger partial charge in [-0.05, 0) is 43.9 Å². The number of primary amides is 1. The topological polar surface area (TPSA) is 205 Å². The Bertz CT molecular complexity index is 905. The van der Waals surface area contributed by atoms with Crippen LogP contribution in [0.4, 0.5) is 0 Å². The molecule has 1 aromatic carbocycles. The highest BCUT2D eigenvalue weighted by atomic mass is 16.4. The average Bonchev–Trinajstić information content (AvgIpc) is 3.23. The number of phenolic OH excluding ortho intramolecular Hbond substituents is 1. The Hall–Kier alpha value is -3.67. The number of hydrogen-bond acceptors (Lipinski definition) is 7. The van der Waals surface area contributed by atoms with Gasteiger partial charge in [0.2, 0.25) is 23.6 Å². The number of aliphatic carboxylic acids is 1. The molecule has 33 heavy (non-hydrogen) atoms. The molecule has 2 rings (SSSR count). The fourth-order valence-electron chi connectivity index (χ4n) is 3.54. The van der Waals surface area contributed by atoms with E-state index in [1.807, 2.05) is 0 Å². The van der Waals surface area contributed by atoms with Crippen molar-refractivity contribution in [2.24, 2.45) is 11.5 Å². The minimum absolute atomic E-state index is 0.0854. The van der Waals surface area contributed by atoms with Crippen molar-refractivity contribution in [3.8, 4) is 5.75 Å². The molecular weight excluding hydrogens is 434 g/mol. The number of likely N-dealkylation sites (tertiary alicyclic amines) is 1. The zero-order valence-electron chi connectivity index (χ0n) is 18.2. The van der Waals surface area contributed by atoms with Crippen LogP contribution < -0.4 is 22.1 Å². The van der Waals surface area contributed by atoms with E-state index >= 15 is 0 Å². The van der Waals surface area contributed by atoms with E-state index in [1.54, 1.807) is 12.1 Å². The normalized spacial score (nSPS) is 18.1. The van der Waals surface area contributed by atoms with Gasteiger partial charge in [-0.25, -0.2) is 0 Å². The van der Waals surface area contributed by atoms with Crippen LogP contribution >= 0.6 is 0 Å². The maximum absolute atomic E-state index is 12.9. The Balaban J connectivity index is 2.06. The number of carboxylic acids is 1. The van der Waals surface area contributed by atoms with Gasteiger partial charge in [0.15, 0.2) is 0 Å². The first-order valence-electron chi connectivity index (χ1n) is 10.5. The molecule has 12 heteroatoms. The third-order valence-corrected chi connectivity index (χ3v) is 5.32. The molecule has 0 aromatic heterocycles. The number of benzene rings is 1. The Labute approximate surface area is 190 Å². The Morgan fingerprint density at radius 2 is 1.79 bits per heavy atom. The Morgan fingerprint density at radius 1 is 1.15 bits per heavy atom. The summed E-state index contributed by atoms with van der Waals surface area (Å²) >= 11 is 0. The van der Waals surface area contributed by atoms with Crippen molar-refractivity contribution in [1.29, 1.82) is 0 Å². The summed E-state index contributed by atoms with van der Waals surface area (Å²) in [6.45, 7) is 1.53. The summed E-state index contributed by atoms with van der Waals surface area (Å²) in [5, 5.41) is 22.9. The van der Waals surface area contributed by atoms with Crippen molar-refractivity contribution < 1.29 is 34.2 Å². The molecule has 4 atom stereocenters. The molecule has 0 bridgehead atoms. The van der Waals surface area contributed by atoms with Crippen LogP contribution in [-0.2, 0) is 30.4 Å². The third-order valence-electron chi connectivity index (χ3n) is 5.32. The predicted octanol–water partition coefficient (Wildman–Crippen LogP) is -1.80. The van der Waals surface area contributed by atoms with Gasteiger partial charge < -0.3 is 37.2 Å². The second-order valence-electron chi connectivity index (χ2n) is 7.97. The molecule has 180 valence electrons. The van der Waals surface area contributed by atoms with E-state index < -0.39 is 60.2 Å². The van der Waals surface area contributed by atoms with Gasteiger partial charge in [-0.2, -0.15) is 0 Å². The molecule has 0 radical (unpaired) electrons. The van der Waals surface area contributed by atoms with Crippen LogP contribution in [-0.4, -0.2) is 75.4 Å². The van der Waals surface area contributed by atoms with Crippen molar-refractivity contribution in [3.63, 3.8) is 0 Å². The number of nitrogens with one attached hydrogen (secondary N) is 2. The lowest BCUT2D eigenvalue weighted by Gasteiger charge is -2.28. The SMILES string of the molecule is CC(NC(=O)C(CC(N)=O)NC(=O)C1CCCN1C(=O)C(N)Cc1ccc(O)cc1)C(=O)O. The van der Waals surface area contributed by atoms with Crippen LogP contribution in [0.5, 0.6) is 5.75 Å². The van der Waals surface area contributed by atoms with Crippen molar-refractivity contribution in [3.05, 3.63) is 29.8 Å². The second kappa shape index (κ2) is 11.3. The molecule has 1 heterocycles. The maximum atomic E-state index is 12.9. The highest BCUT2D eigenvalue weighted by Gasteiger charge is 2.38. The zero-order valence-corrected chi connectivity index (χ0v) is 18.2. The third kappa shape index (κ3) is 7.17. The zero-order chi connectivity index (χ0) is 24.7. The van der Waals surface area contributed by atoms with E-state index in [0.717, 1.165) is 5.56 Å². The summed E-state index contributed by atoms with van der Waals surface area (Å²) in [4.78, 5) is 61.8. The lowest BCUT2D eigenvalue weighted by atomic mass is 10.0. The van der Waals surface area contributed by atoms with Gasteiger partial charge in [0.05, 0.1) is 12.5 Å². The molecule has 12 nitrogen and oxygen atoms in total. The van der Waals surface area contributed by atoms with E-state index in [-0.39, 0.29) is 12.2 Å². The number of nitrogens with zero attached hydrogens (tertiary/aromatic N) is 1. The fraction of sp³-hybridized carbons (Fsp3) is 0.476. The molecule has 0 spiro atoms. The Kier molecular flexibility index (Phi) is 8.74. The molecule has 4 unspecified atom stereocenters. The van der Waals surface area contributed by atoms with Gasteiger partial charge in [-0.1, -0.05) is 12.1 Å². The van der Waals surface area contributed by atoms with Gasteiger partial charge in [-0.15, -0.1) is 0 Å². The number of amides is 4. The summed E-state index contributed by atoms with van der Waals surface area (Å²) in [7, 11) is 0. The van der Waals surface area contributed by atoms with Crippen LogP contribution in [0, 0.1) is 0 Å². The summed E-state index contributed by atoms with van der Waals surface area (Å²) in [6, 6.07) is 1.78. The number of hydrogen-bond donors (Lipinski definition) is 6. The molecule has 0 saturated carbocycles. The van der Waals surface area contributed by atoms with Crippen LogP contribution in [0.15, 0.2) is 24.3 Å². The molecule has 1 aromatic rings. The molecule has 0 aliphatic carbocycles. The predicted molar refractivity (Wildman–Crippen MR) is 116 cm³/mol. The van der Waals surface area contributed by atoms with Crippen molar-refractivity contribution in [1.82, 2.24) is 15.5 Å². The first kappa shape index (κ1) is 25.6. The van der Waals surface area contributed by atoms with Crippen LogP contribution in [0.1, 0.15) is 31.7 Å². The highest BCUT2D eigenvalue weighted by molar-refractivity contribution is 5.96. The Morgan fingerprint density at radius 3 is 2.36 bits per heavy atom. The van der Waals surface area contributed by atoms with Crippen molar-refractivity contribution in [2.45, 2.75) is 56.8 Å². The lowest BCUT2D eigenvalue weighted by molar-refractivity contribution is -0.143. The van der Waals surface area contributed by atoms with E-state index in [1.165, 1.54) is 24.0 Å². The first-order valence-corrected chi connectivity index (χ1v) is 10.5. The van der Waals surface area contributed by atoms with E-state index in [0.29, 0.717) is 19.4 Å². The second-order valence-corrected chi connectivity index (χ2v) is 7.97. The molecular formula is C21H29N5O7. The maximum Gasteiger partial charge on any atom is 0.325 e.